The lowest BCUT2D eigenvalue weighted by molar-refractivity contribution is -0.160. The van der Waals surface area contributed by atoms with Crippen LogP contribution in [0.1, 0.15) is 87.7 Å². The van der Waals surface area contributed by atoms with Crippen LogP contribution in [0.3, 0.4) is 0 Å². The van der Waals surface area contributed by atoms with E-state index >= 15 is 0 Å². The van der Waals surface area contributed by atoms with Crippen LogP contribution >= 0.6 is 7.87 Å². The standard InChI is InChI=1S/C56H66N7O13P/c1-37(2)63(38(3)4)77(67,31-15-29-57)76-50-48(33-73-56(42-18-13-10-14-19-42,43-20-24-45(68-7)25-21-43)44-22-26-46(69-8)27-23-44)75-55(51(50)72-36-70-30-28-47(74-40(6)65)32-71-39(5)64)62-35-60-49-52(58-34-59-53(49)62)61-54(66)41-16-11-9-12-17-41/h9-14,16-27,34-35,37-38,47-48,50-51,55,67H,15,28,30-33,36H2,1-8H3/p+1/t47?,48-,50-,51-,55-,77?/m1/s1. The highest BCUT2D eigenvalue weighted by molar-refractivity contribution is 7.63. The van der Waals surface area contributed by atoms with Gasteiger partial charge in [0.1, 0.15) is 61.3 Å². The lowest BCUT2D eigenvalue weighted by Gasteiger charge is -2.39. The summed E-state index contributed by atoms with van der Waals surface area (Å²) < 4.78 is 59.9. The smallest absolute Gasteiger partial charge is 0.347 e. The number of fused-ring (bicyclic) bond motifs is 1. The van der Waals surface area contributed by atoms with E-state index in [9.17, 15) is 24.5 Å². The van der Waals surface area contributed by atoms with Crippen LogP contribution in [-0.2, 0) is 48.1 Å². The molecule has 1 amide bonds. The number of methoxy groups -OCH3 is 2. The summed E-state index contributed by atoms with van der Waals surface area (Å²) in [4.78, 5) is 64.0. The van der Waals surface area contributed by atoms with E-state index in [4.69, 9.17) is 47.4 Å². The third kappa shape index (κ3) is 14.0. The quantitative estimate of drug-likeness (QED) is 0.0162. The topological polar surface area (TPSA) is 237 Å². The molecule has 0 radical (unpaired) electrons. The number of esters is 2. The SMILES string of the molecule is COc1ccc(C(OC[C@H]2O[C@@H](n3cnc4c(NC(=O)c5ccccc5)ncnc43)[C@H](OCOCCC(COC(C)=O)OC(C)=O)[C@@H]2O[P+](O)(CCC#N)N(C(C)C)C(C)C)(c2ccccc2)c2ccc(OC)cc2)cc1. The van der Waals surface area contributed by atoms with Crippen molar-refractivity contribution in [2.75, 3.05) is 52.3 Å². The summed E-state index contributed by atoms with van der Waals surface area (Å²) in [7, 11) is -0.548. The highest BCUT2D eigenvalue weighted by Gasteiger charge is 2.59. The van der Waals surface area contributed by atoms with Gasteiger partial charge in [-0.05, 0) is 80.8 Å². The summed E-state index contributed by atoms with van der Waals surface area (Å²) >= 11 is 0. The molecule has 1 aliphatic heterocycles. The molecule has 1 fully saturated rings. The van der Waals surface area contributed by atoms with Crippen molar-refractivity contribution in [2.24, 2.45) is 0 Å². The molecule has 408 valence electrons. The maximum atomic E-state index is 13.5. The number of anilines is 1. The minimum atomic E-state index is -3.74. The maximum absolute atomic E-state index is 13.5. The summed E-state index contributed by atoms with van der Waals surface area (Å²) in [5.74, 6) is -0.107. The monoisotopic (exact) mass is 1080 g/mol. The zero-order valence-electron chi connectivity index (χ0n) is 44.5. The number of nitriles is 1. The van der Waals surface area contributed by atoms with Crippen molar-refractivity contribution in [3.05, 3.63) is 144 Å². The van der Waals surface area contributed by atoms with Crippen LogP contribution in [0, 0.1) is 11.3 Å². The number of ether oxygens (including phenoxy) is 8. The summed E-state index contributed by atoms with van der Waals surface area (Å²) in [6.07, 6.45) is -2.44. The van der Waals surface area contributed by atoms with Crippen LogP contribution in [0.2, 0.25) is 0 Å². The molecule has 77 heavy (non-hydrogen) atoms. The maximum Gasteiger partial charge on any atom is 0.347 e. The van der Waals surface area contributed by atoms with Crippen molar-refractivity contribution < 1.29 is 61.7 Å². The van der Waals surface area contributed by atoms with Gasteiger partial charge in [-0.15, -0.1) is 4.67 Å². The number of nitrogens with zero attached hydrogens (tertiary/aromatic N) is 6. The minimum absolute atomic E-state index is 0.00186. The molecule has 20 nitrogen and oxygen atoms in total. The van der Waals surface area contributed by atoms with Gasteiger partial charge in [0.05, 0.1) is 46.3 Å². The lowest BCUT2D eigenvalue weighted by Crippen LogP contribution is -2.45. The Hall–Kier alpha value is -6.92. The molecule has 1 saturated heterocycles. The fourth-order valence-electron chi connectivity index (χ4n) is 9.50. The second kappa shape index (κ2) is 26.9. The second-order valence-electron chi connectivity index (χ2n) is 18.7. The summed E-state index contributed by atoms with van der Waals surface area (Å²) in [6, 6.07) is 35.3. The van der Waals surface area contributed by atoms with E-state index in [1.165, 1.54) is 26.5 Å². The van der Waals surface area contributed by atoms with Gasteiger partial charge in [0.2, 0.25) is 0 Å². The Labute approximate surface area is 449 Å². The first-order valence-corrected chi connectivity index (χ1v) is 27.0. The predicted octanol–water partition coefficient (Wildman–Crippen LogP) is 8.42. The van der Waals surface area contributed by atoms with Gasteiger partial charge < -0.3 is 43.2 Å². The van der Waals surface area contributed by atoms with Crippen LogP contribution in [0.5, 0.6) is 11.5 Å². The summed E-state index contributed by atoms with van der Waals surface area (Å²) in [6.45, 7) is 9.56. The Balaban J connectivity index is 1.36. The molecular weight excluding hydrogens is 1010 g/mol. The Morgan fingerprint density at radius 1 is 0.831 bits per heavy atom. The lowest BCUT2D eigenvalue weighted by atomic mass is 9.80. The van der Waals surface area contributed by atoms with E-state index < -0.39 is 62.0 Å². The minimum Gasteiger partial charge on any atom is -0.497 e. The number of amides is 1. The van der Waals surface area contributed by atoms with Crippen molar-refractivity contribution in [3.63, 3.8) is 0 Å². The zero-order valence-corrected chi connectivity index (χ0v) is 45.4. The van der Waals surface area contributed by atoms with E-state index in [0.29, 0.717) is 17.1 Å². The molecule has 2 unspecified atom stereocenters. The normalized spacial score (nSPS) is 17.7. The van der Waals surface area contributed by atoms with Crippen LogP contribution in [0.25, 0.3) is 11.2 Å². The van der Waals surface area contributed by atoms with E-state index in [2.05, 4.69) is 21.4 Å². The molecule has 1 aliphatic rings. The van der Waals surface area contributed by atoms with Gasteiger partial charge in [-0.3, -0.25) is 19.0 Å². The largest absolute Gasteiger partial charge is 0.497 e. The molecule has 0 saturated carbocycles. The fraction of sp³-hybridized carbons (Fsp3) is 0.411. The molecular formula is C56H67N7O13P+. The van der Waals surface area contributed by atoms with Crippen molar-refractivity contribution in [1.82, 2.24) is 24.2 Å². The summed E-state index contributed by atoms with van der Waals surface area (Å²) in [5, 5.41) is 12.9. The molecule has 2 N–H and O–H groups in total. The first kappa shape index (κ1) is 57.8. The van der Waals surface area contributed by atoms with E-state index in [-0.39, 0.29) is 74.7 Å². The Morgan fingerprint density at radius 3 is 2.01 bits per heavy atom. The van der Waals surface area contributed by atoms with Crippen molar-refractivity contribution >= 4 is 42.7 Å². The van der Waals surface area contributed by atoms with Gasteiger partial charge in [-0.25, -0.2) is 19.8 Å². The average molecular weight is 1080 g/mol. The van der Waals surface area contributed by atoms with E-state index in [1.807, 2.05) is 117 Å². The van der Waals surface area contributed by atoms with E-state index in [1.54, 1.807) is 43.1 Å². The Kier molecular flexibility index (Phi) is 20.2. The highest BCUT2D eigenvalue weighted by atomic mass is 31.2. The van der Waals surface area contributed by atoms with Crippen molar-refractivity contribution in [1.29, 1.82) is 5.26 Å². The van der Waals surface area contributed by atoms with Crippen molar-refractivity contribution in [3.8, 4) is 17.6 Å². The van der Waals surface area contributed by atoms with E-state index in [0.717, 1.165) is 16.7 Å². The first-order valence-electron chi connectivity index (χ1n) is 25.2. The molecule has 4 aromatic carbocycles. The summed E-state index contributed by atoms with van der Waals surface area (Å²) in [5.41, 5.74) is 1.83. The number of aromatic nitrogens is 4. The average Bonchev–Trinajstić information content (AvgIpc) is 4.01. The van der Waals surface area contributed by atoms with Gasteiger partial charge >= 0.3 is 19.8 Å². The Morgan fingerprint density at radius 2 is 1.44 bits per heavy atom. The van der Waals surface area contributed by atoms with Gasteiger partial charge in [0, 0.05) is 37.9 Å². The van der Waals surface area contributed by atoms with Gasteiger partial charge in [0.25, 0.3) is 5.91 Å². The number of carbonyl (C=O) groups is 3. The van der Waals surface area contributed by atoms with Gasteiger partial charge in [-0.1, -0.05) is 72.8 Å². The third-order valence-electron chi connectivity index (χ3n) is 12.8. The Bertz CT molecular complexity index is 2850. The number of nitrogens with one attached hydrogen (secondary N) is 1. The first-order chi connectivity index (χ1) is 37.1. The zero-order chi connectivity index (χ0) is 55.1. The second-order valence-corrected chi connectivity index (χ2v) is 21.1. The number of rotatable bonds is 27. The molecule has 2 aromatic heterocycles. The van der Waals surface area contributed by atoms with Gasteiger partial charge in [-0.2, -0.15) is 9.79 Å². The number of hydrogen-bond donors (Lipinski definition) is 2. The molecule has 0 bridgehead atoms. The molecule has 21 heteroatoms. The highest BCUT2D eigenvalue weighted by Crippen LogP contribution is 2.64. The third-order valence-corrected chi connectivity index (χ3v) is 15.8. The molecule has 7 rings (SSSR count). The fourth-order valence-corrected chi connectivity index (χ4v) is 12.4. The number of imidazole rings is 1. The van der Waals surface area contributed by atoms with Crippen LogP contribution in [0.15, 0.2) is 122 Å². The van der Waals surface area contributed by atoms with Crippen LogP contribution in [0.4, 0.5) is 5.82 Å². The number of benzene rings is 4. The predicted molar refractivity (Wildman–Crippen MR) is 286 cm³/mol. The molecule has 3 heterocycles. The van der Waals surface area contributed by atoms with Crippen LogP contribution in [-0.4, -0.2) is 130 Å². The van der Waals surface area contributed by atoms with Crippen molar-refractivity contribution in [2.45, 2.75) is 103 Å². The van der Waals surface area contributed by atoms with Crippen LogP contribution < -0.4 is 14.8 Å². The molecule has 6 aromatic rings. The number of hydrogen-bond acceptors (Lipinski definition) is 18. The molecule has 0 spiro atoms. The molecule has 0 aliphatic carbocycles. The number of carbonyl (C=O) groups excluding carboxylic acids is 3. The van der Waals surface area contributed by atoms with Gasteiger partial charge in [0.15, 0.2) is 29.3 Å². The molecule has 6 atom stereocenters.